The second kappa shape index (κ2) is 5.38. The van der Waals surface area contributed by atoms with Crippen LogP contribution in [-0.2, 0) is 0 Å². The predicted molar refractivity (Wildman–Crippen MR) is 78.8 cm³/mol. The minimum Gasteiger partial charge on any atom is -0.497 e. The Hall–Kier alpha value is -2.28. The quantitative estimate of drug-likeness (QED) is 0.483. The van der Waals surface area contributed by atoms with E-state index in [0.717, 1.165) is 16.9 Å². The van der Waals surface area contributed by atoms with Crippen LogP contribution in [0.5, 0.6) is 11.5 Å². The van der Waals surface area contributed by atoms with Gasteiger partial charge in [0.25, 0.3) is 5.97 Å². The van der Waals surface area contributed by atoms with Gasteiger partial charge in [0.2, 0.25) is 0 Å². The van der Waals surface area contributed by atoms with Crippen LogP contribution in [0.1, 0.15) is 0 Å². The number of benzene rings is 2. The number of hydrogen-bond acceptors (Lipinski definition) is 6. The Bertz CT molecular complexity index is 591. The number of methoxy groups -OCH3 is 1. The first kappa shape index (κ1) is 14.1. The Morgan fingerprint density at radius 3 is 2.00 bits per heavy atom. The first-order valence-corrected chi connectivity index (χ1v) is 5.98. The third-order valence-corrected chi connectivity index (χ3v) is 2.72. The Morgan fingerprint density at radius 1 is 0.900 bits per heavy atom. The predicted octanol–water partition coefficient (Wildman–Crippen LogP) is 0.811. The van der Waals surface area contributed by atoms with E-state index in [1.165, 1.54) is 0 Å². The highest BCUT2D eigenvalue weighted by atomic mass is 16.5. The number of nitrogen functional groups attached to an aromatic ring is 1. The molecule has 2 aromatic carbocycles. The summed E-state index contributed by atoms with van der Waals surface area (Å²) in [4.78, 5) is 0. The molecule has 6 nitrogen and oxygen atoms in total. The lowest BCUT2D eigenvalue weighted by Gasteiger charge is -2.21. The number of rotatable bonds is 4. The summed E-state index contributed by atoms with van der Waals surface area (Å²) in [6.07, 6.45) is 0. The molecular weight excluding hydrogens is 256 g/mol. The van der Waals surface area contributed by atoms with Crippen molar-refractivity contribution in [1.29, 1.82) is 0 Å². The van der Waals surface area contributed by atoms with Crippen LogP contribution in [0.25, 0.3) is 11.1 Å². The van der Waals surface area contributed by atoms with E-state index < -0.39 is 5.97 Å². The zero-order valence-electron chi connectivity index (χ0n) is 11.2. The molecule has 0 aliphatic carbocycles. The minimum absolute atomic E-state index is 0.342. The molecule has 6 heteroatoms. The van der Waals surface area contributed by atoms with Crippen molar-refractivity contribution in [3.63, 3.8) is 0 Å². The average Bonchev–Trinajstić information content (AvgIpc) is 2.40. The minimum atomic E-state index is -1.75. The van der Waals surface area contributed by atoms with E-state index in [1.807, 2.05) is 30.3 Å². The molecule has 2 rings (SSSR count). The van der Waals surface area contributed by atoms with Gasteiger partial charge >= 0.3 is 0 Å². The van der Waals surface area contributed by atoms with Gasteiger partial charge < -0.3 is 15.2 Å². The topological polar surface area (TPSA) is 123 Å². The molecule has 0 amide bonds. The Labute approximate surface area is 117 Å². The van der Waals surface area contributed by atoms with Crippen molar-refractivity contribution < 1.29 is 9.47 Å². The zero-order valence-corrected chi connectivity index (χ0v) is 11.2. The molecule has 0 bridgehead atoms. The van der Waals surface area contributed by atoms with Gasteiger partial charge in [0.1, 0.15) is 11.5 Å². The van der Waals surface area contributed by atoms with E-state index in [2.05, 4.69) is 0 Å². The molecule has 0 fully saturated rings. The van der Waals surface area contributed by atoms with Gasteiger partial charge in [-0.25, -0.2) is 0 Å². The summed E-state index contributed by atoms with van der Waals surface area (Å²) in [5, 5.41) is 0. The van der Waals surface area contributed by atoms with Gasteiger partial charge in [-0.1, -0.05) is 18.2 Å². The summed E-state index contributed by atoms with van der Waals surface area (Å²) < 4.78 is 10.3. The molecule has 0 aliphatic heterocycles. The van der Waals surface area contributed by atoms with E-state index in [9.17, 15) is 0 Å². The molecule has 0 unspecified atom stereocenters. The first-order chi connectivity index (χ1) is 9.39. The normalized spacial score (nSPS) is 11.2. The van der Waals surface area contributed by atoms with Gasteiger partial charge in [-0.05, 0) is 35.4 Å². The van der Waals surface area contributed by atoms with Crippen LogP contribution in [0, 0.1) is 0 Å². The summed E-state index contributed by atoms with van der Waals surface area (Å²) in [5.74, 6) is -0.619. The molecule has 0 saturated heterocycles. The summed E-state index contributed by atoms with van der Waals surface area (Å²) >= 11 is 0. The van der Waals surface area contributed by atoms with Crippen LogP contribution in [0.3, 0.4) is 0 Å². The SMILES string of the molecule is COc1ccc(-c2ccc(OC(N)(N)N)c(N)c2)cc1. The molecule has 0 radical (unpaired) electrons. The highest BCUT2D eigenvalue weighted by Gasteiger charge is 2.15. The van der Waals surface area contributed by atoms with Crippen molar-refractivity contribution in [3.8, 4) is 22.6 Å². The van der Waals surface area contributed by atoms with Gasteiger partial charge in [0.05, 0.1) is 12.8 Å². The van der Waals surface area contributed by atoms with Crippen molar-refractivity contribution in [2.45, 2.75) is 5.97 Å². The van der Waals surface area contributed by atoms with Gasteiger partial charge in [0, 0.05) is 0 Å². The highest BCUT2D eigenvalue weighted by molar-refractivity contribution is 5.71. The molecule has 2 aromatic rings. The van der Waals surface area contributed by atoms with E-state index >= 15 is 0 Å². The van der Waals surface area contributed by atoms with E-state index in [0.29, 0.717) is 11.4 Å². The highest BCUT2D eigenvalue weighted by Crippen LogP contribution is 2.30. The molecule has 0 saturated carbocycles. The number of hydrogen-bond donors (Lipinski definition) is 4. The van der Waals surface area contributed by atoms with Crippen LogP contribution in [-0.4, -0.2) is 13.1 Å². The molecule has 0 heterocycles. The second-order valence-electron chi connectivity index (χ2n) is 4.44. The Balaban J connectivity index is 2.28. The molecule has 0 atom stereocenters. The largest absolute Gasteiger partial charge is 0.497 e. The van der Waals surface area contributed by atoms with Gasteiger partial charge in [-0.2, -0.15) is 0 Å². The lowest BCUT2D eigenvalue weighted by Crippen LogP contribution is -2.62. The van der Waals surface area contributed by atoms with E-state index in [4.69, 9.17) is 32.4 Å². The lowest BCUT2D eigenvalue weighted by molar-refractivity contribution is 0.0911. The van der Waals surface area contributed by atoms with Gasteiger partial charge in [-0.15, -0.1) is 0 Å². The monoisotopic (exact) mass is 274 g/mol. The molecule has 0 aromatic heterocycles. The second-order valence-corrected chi connectivity index (χ2v) is 4.44. The standard InChI is InChI=1S/C14H18N4O2/c1-19-11-5-2-9(3-6-11)10-4-7-13(12(15)8-10)20-14(16,17)18/h2-8H,15-18H2,1H3. The number of nitrogens with two attached hydrogens (primary N) is 4. The fourth-order valence-corrected chi connectivity index (χ4v) is 1.79. The maximum atomic E-state index is 5.91. The van der Waals surface area contributed by atoms with Crippen LogP contribution >= 0.6 is 0 Å². The first-order valence-electron chi connectivity index (χ1n) is 5.98. The number of anilines is 1. The van der Waals surface area contributed by atoms with Crippen molar-refractivity contribution in [2.24, 2.45) is 17.2 Å². The molecule has 106 valence electrons. The Morgan fingerprint density at radius 2 is 1.50 bits per heavy atom. The summed E-state index contributed by atoms with van der Waals surface area (Å²) in [6, 6.07) is 12.9. The fourth-order valence-electron chi connectivity index (χ4n) is 1.79. The maximum absolute atomic E-state index is 5.91. The smallest absolute Gasteiger partial charge is 0.271 e. The van der Waals surface area contributed by atoms with Crippen molar-refractivity contribution in [3.05, 3.63) is 42.5 Å². The van der Waals surface area contributed by atoms with Crippen molar-refractivity contribution >= 4 is 5.69 Å². The van der Waals surface area contributed by atoms with Crippen LogP contribution in [0.15, 0.2) is 42.5 Å². The number of ether oxygens (including phenoxy) is 2. The van der Waals surface area contributed by atoms with E-state index in [-0.39, 0.29) is 0 Å². The van der Waals surface area contributed by atoms with Gasteiger partial charge in [-0.3, -0.25) is 17.2 Å². The molecule has 0 spiro atoms. The fraction of sp³-hybridized carbons (Fsp3) is 0.143. The maximum Gasteiger partial charge on any atom is 0.271 e. The van der Waals surface area contributed by atoms with Crippen LogP contribution < -0.4 is 32.4 Å². The van der Waals surface area contributed by atoms with Crippen LogP contribution in [0.2, 0.25) is 0 Å². The molecule has 20 heavy (non-hydrogen) atoms. The Kier molecular flexibility index (Phi) is 3.80. The van der Waals surface area contributed by atoms with Crippen molar-refractivity contribution in [1.82, 2.24) is 0 Å². The van der Waals surface area contributed by atoms with Crippen LogP contribution in [0.4, 0.5) is 5.69 Å². The zero-order chi connectivity index (χ0) is 14.8. The molecule has 0 aliphatic rings. The third-order valence-electron chi connectivity index (χ3n) is 2.72. The molecular formula is C14H18N4O2. The average molecular weight is 274 g/mol. The van der Waals surface area contributed by atoms with Gasteiger partial charge in [0.15, 0.2) is 0 Å². The third kappa shape index (κ3) is 3.39. The summed E-state index contributed by atoms with van der Waals surface area (Å²) in [5.41, 5.74) is 24.4. The lowest BCUT2D eigenvalue weighted by atomic mass is 10.0. The summed E-state index contributed by atoms with van der Waals surface area (Å²) in [7, 11) is 1.62. The summed E-state index contributed by atoms with van der Waals surface area (Å²) in [6.45, 7) is 0. The van der Waals surface area contributed by atoms with E-state index in [1.54, 1.807) is 19.2 Å². The molecule has 8 N–H and O–H groups in total. The van der Waals surface area contributed by atoms with Crippen molar-refractivity contribution in [2.75, 3.05) is 12.8 Å².